The van der Waals surface area contributed by atoms with Gasteiger partial charge in [-0.3, -0.25) is 14.5 Å². The summed E-state index contributed by atoms with van der Waals surface area (Å²) in [7, 11) is 0. The lowest BCUT2D eigenvalue weighted by Gasteiger charge is -2.51. The van der Waals surface area contributed by atoms with Crippen LogP contribution in [0, 0.1) is 11.3 Å². The molecule has 2 aliphatic rings. The average molecular weight is 299 g/mol. The van der Waals surface area contributed by atoms with Gasteiger partial charge in [0.1, 0.15) is 6.61 Å². The Hall–Kier alpha value is -1.18. The molecule has 1 spiro atoms. The molecule has 0 aromatic carbocycles. The van der Waals surface area contributed by atoms with E-state index in [1.807, 2.05) is 4.90 Å². The van der Waals surface area contributed by atoms with Gasteiger partial charge in [0.15, 0.2) is 0 Å². The number of carbonyl (C=O) groups excluding carboxylic acids is 2. The van der Waals surface area contributed by atoms with Crippen molar-refractivity contribution < 1.29 is 19.8 Å². The minimum atomic E-state index is -0.475. The van der Waals surface area contributed by atoms with Crippen molar-refractivity contribution in [3.8, 4) is 0 Å². The summed E-state index contributed by atoms with van der Waals surface area (Å²) in [6, 6.07) is 0. The molecule has 2 rings (SSSR count). The van der Waals surface area contributed by atoms with E-state index in [1.54, 1.807) is 4.90 Å². The number of amides is 2. The quantitative estimate of drug-likeness (QED) is 0.579. The van der Waals surface area contributed by atoms with Crippen molar-refractivity contribution in [2.45, 2.75) is 19.3 Å². The minimum Gasteiger partial charge on any atom is -0.396 e. The molecule has 0 bridgehead atoms. The number of nitrogens with two attached hydrogens (primary N) is 1. The standard InChI is InChI=1S/C14H25N3O4/c15-12(20)8-16-4-1-14(2-5-16)3-6-17(13(21)10-19)7-11(14)9-18/h11,18-19H,1-10H2,(H2,15,20)/t11-/m0/s1. The Balaban J connectivity index is 1.97. The highest BCUT2D eigenvalue weighted by molar-refractivity contribution is 5.77. The Morgan fingerprint density at radius 3 is 2.29 bits per heavy atom. The monoisotopic (exact) mass is 299 g/mol. The Kier molecular flexibility index (Phi) is 5.18. The summed E-state index contributed by atoms with van der Waals surface area (Å²) in [6.07, 6.45) is 2.66. The van der Waals surface area contributed by atoms with Gasteiger partial charge >= 0.3 is 0 Å². The summed E-state index contributed by atoms with van der Waals surface area (Å²) in [5.41, 5.74) is 5.26. The molecular formula is C14H25N3O4. The number of likely N-dealkylation sites (tertiary alicyclic amines) is 2. The number of aliphatic hydroxyl groups is 2. The maximum atomic E-state index is 11.6. The first-order chi connectivity index (χ1) is 10.0. The van der Waals surface area contributed by atoms with Crippen molar-refractivity contribution >= 4 is 11.8 Å². The van der Waals surface area contributed by atoms with Gasteiger partial charge in [-0.2, -0.15) is 0 Å². The molecule has 0 unspecified atom stereocenters. The van der Waals surface area contributed by atoms with Crippen LogP contribution in [0.15, 0.2) is 0 Å². The Morgan fingerprint density at radius 2 is 1.76 bits per heavy atom. The van der Waals surface area contributed by atoms with Crippen LogP contribution in [0.3, 0.4) is 0 Å². The van der Waals surface area contributed by atoms with Gasteiger partial charge in [0.05, 0.1) is 6.54 Å². The van der Waals surface area contributed by atoms with Crippen molar-refractivity contribution in [3.63, 3.8) is 0 Å². The smallest absolute Gasteiger partial charge is 0.248 e. The van der Waals surface area contributed by atoms with Crippen LogP contribution in [-0.4, -0.2) is 77.8 Å². The van der Waals surface area contributed by atoms with Crippen LogP contribution in [0.5, 0.6) is 0 Å². The van der Waals surface area contributed by atoms with Gasteiger partial charge in [-0.15, -0.1) is 0 Å². The van der Waals surface area contributed by atoms with Gasteiger partial charge in [0, 0.05) is 25.6 Å². The number of carbonyl (C=O) groups is 2. The molecule has 7 nitrogen and oxygen atoms in total. The fourth-order valence-electron chi connectivity index (χ4n) is 3.73. The molecule has 2 fully saturated rings. The number of nitrogens with zero attached hydrogens (tertiary/aromatic N) is 2. The number of hydrogen-bond donors (Lipinski definition) is 3. The van der Waals surface area contributed by atoms with E-state index in [2.05, 4.69) is 0 Å². The summed E-state index contributed by atoms with van der Waals surface area (Å²) < 4.78 is 0. The summed E-state index contributed by atoms with van der Waals surface area (Å²) in [4.78, 5) is 26.3. The van der Waals surface area contributed by atoms with Gasteiger partial charge in [-0.25, -0.2) is 0 Å². The molecule has 7 heteroatoms. The normalized spacial score (nSPS) is 26.0. The first-order valence-corrected chi connectivity index (χ1v) is 7.51. The number of hydrogen-bond acceptors (Lipinski definition) is 5. The predicted molar refractivity (Wildman–Crippen MR) is 76.2 cm³/mol. The second kappa shape index (κ2) is 6.72. The third kappa shape index (κ3) is 3.53. The van der Waals surface area contributed by atoms with Crippen LogP contribution in [0.25, 0.3) is 0 Å². The summed E-state index contributed by atoms with van der Waals surface area (Å²) in [5.74, 6) is -0.542. The van der Waals surface area contributed by atoms with Gasteiger partial charge < -0.3 is 20.8 Å². The highest BCUT2D eigenvalue weighted by atomic mass is 16.3. The second-order valence-electron chi connectivity index (χ2n) is 6.23. The Bertz CT molecular complexity index is 394. The van der Waals surface area contributed by atoms with Crippen molar-refractivity contribution in [2.24, 2.45) is 17.1 Å². The van der Waals surface area contributed by atoms with E-state index < -0.39 is 6.61 Å². The number of primary amides is 1. The summed E-state index contributed by atoms with van der Waals surface area (Å²) in [5, 5.41) is 18.7. The van der Waals surface area contributed by atoms with E-state index in [4.69, 9.17) is 10.8 Å². The van der Waals surface area contributed by atoms with E-state index in [0.29, 0.717) is 13.1 Å². The van der Waals surface area contributed by atoms with E-state index in [0.717, 1.165) is 32.4 Å². The van der Waals surface area contributed by atoms with Crippen molar-refractivity contribution in [3.05, 3.63) is 0 Å². The molecule has 0 aromatic rings. The fourth-order valence-corrected chi connectivity index (χ4v) is 3.73. The van der Waals surface area contributed by atoms with Crippen LogP contribution < -0.4 is 5.73 Å². The number of aliphatic hydroxyl groups excluding tert-OH is 2. The number of piperidine rings is 2. The molecule has 0 aliphatic carbocycles. The van der Waals surface area contributed by atoms with Crippen LogP contribution in [0.2, 0.25) is 0 Å². The molecule has 1 atom stereocenters. The zero-order chi connectivity index (χ0) is 15.5. The average Bonchev–Trinajstić information content (AvgIpc) is 2.49. The summed E-state index contributed by atoms with van der Waals surface area (Å²) >= 11 is 0. The first kappa shape index (κ1) is 16.2. The lowest BCUT2D eigenvalue weighted by atomic mass is 9.64. The van der Waals surface area contributed by atoms with Crippen molar-refractivity contribution in [2.75, 3.05) is 45.9 Å². The van der Waals surface area contributed by atoms with Crippen LogP contribution in [-0.2, 0) is 9.59 Å². The predicted octanol–water partition coefficient (Wildman–Crippen LogP) is -1.61. The minimum absolute atomic E-state index is 0.0368. The molecule has 120 valence electrons. The number of rotatable bonds is 4. The van der Waals surface area contributed by atoms with E-state index in [1.165, 1.54) is 0 Å². The molecular weight excluding hydrogens is 274 g/mol. The largest absolute Gasteiger partial charge is 0.396 e. The van der Waals surface area contributed by atoms with Crippen LogP contribution >= 0.6 is 0 Å². The molecule has 0 saturated carbocycles. The maximum absolute atomic E-state index is 11.6. The van der Waals surface area contributed by atoms with Crippen molar-refractivity contribution in [1.82, 2.24) is 9.80 Å². The highest BCUT2D eigenvalue weighted by Crippen LogP contribution is 2.45. The topological polar surface area (TPSA) is 107 Å². The van der Waals surface area contributed by atoms with Gasteiger partial charge in [0.2, 0.25) is 11.8 Å². The molecule has 21 heavy (non-hydrogen) atoms. The van der Waals surface area contributed by atoms with Gasteiger partial charge in [0.25, 0.3) is 0 Å². The van der Waals surface area contributed by atoms with Crippen LogP contribution in [0.4, 0.5) is 0 Å². The molecule has 2 saturated heterocycles. The zero-order valence-electron chi connectivity index (χ0n) is 12.3. The molecule has 0 radical (unpaired) electrons. The van der Waals surface area contributed by atoms with Gasteiger partial charge in [-0.1, -0.05) is 0 Å². The van der Waals surface area contributed by atoms with E-state index >= 15 is 0 Å². The van der Waals surface area contributed by atoms with E-state index in [-0.39, 0.29) is 36.3 Å². The maximum Gasteiger partial charge on any atom is 0.248 e. The van der Waals surface area contributed by atoms with Crippen molar-refractivity contribution in [1.29, 1.82) is 0 Å². The first-order valence-electron chi connectivity index (χ1n) is 7.51. The second-order valence-corrected chi connectivity index (χ2v) is 6.23. The van der Waals surface area contributed by atoms with Crippen LogP contribution in [0.1, 0.15) is 19.3 Å². The molecule has 2 aliphatic heterocycles. The van der Waals surface area contributed by atoms with Gasteiger partial charge in [-0.05, 0) is 37.8 Å². The molecule has 0 aromatic heterocycles. The van der Waals surface area contributed by atoms with E-state index in [9.17, 15) is 14.7 Å². The zero-order valence-corrected chi connectivity index (χ0v) is 12.3. The SMILES string of the molecule is NC(=O)CN1CCC2(CC1)CCN(C(=O)CO)C[C@H]2CO. The highest BCUT2D eigenvalue weighted by Gasteiger charge is 2.45. The Labute approximate surface area is 124 Å². The lowest BCUT2D eigenvalue weighted by molar-refractivity contribution is -0.141. The fraction of sp³-hybridized carbons (Fsp3) is 0.857. The lowest BCUT2D eigenvalue weighted by Crippen LogP contribution is -2.55. The third-order valence-corrected chi connectivity index (χ3v) is 5.13. The Morgan fingerprint density at radius 1 is 1.14 bits per heavy atom. The molecule has 2 heterocycles. The third-order valence-electron chi connectivity index (χ3n) is 5.13. The molecule has 2 amide bonds. The molecule has 4 N–H and O–H groups in total. The summed E-state index contributed by atoms with van der Waals surface area (Å²) in [6.45, 7) is 2.59.